The molecule has 1 aromatic heterocycles. The number of nitrogens with zero attached hydrogens (tertiary/aromatic N) is 1. The average molecular weight is 369 g/mol. The van der Waals surface area contributed by atoms with Gasteiger partial charge < -0.3 is 25.4 Å². The second kappa shape index (κ2) is 7.54. The molecule has 0 bridgehead atoms. The van der Waals surface area contributed by atoms with E-state index in [0.717, 1.165) is 0 Å². The number of aliphatic carboxylic acids is 1. The Kier molecular flexibility index (Phi) is 5.66. The van der Waals surface area contributed by atoms with Crippen LogP contribution in [-0.2, 0) is 4.79 Å². The first kappa shape index (κ1) is 18.8. The highest BCUT2D eigenvalue weighted by molar-refractivity contribution is 6.35. The van der Waals surface area contributed by atoms with Gasteiger partial charge in [0.15, 0.2) is 17.5 Å². The first-order valence-electron chi connectivity index (χ1n) is 7.38. The van der Waals surface area contributed by atoms with Crippen LogP contribution in [0.3, 0.4) is 0 Å². The number of carbonyl (C=O) groups excluding carboxylic acids is 1. The fraction of sp³-hybridized carbons (Fsp3) is 0.312. The minimum Gasteiger partial charge on any atom is -0.505 e. The molecule has 1 heterocycles. The van der Waals surface area contributed by atoms with Gasteiger partial charge in [-0.25, -0.2) is 9.78 Å². The van der Waals surface area contributed by atoms with Crippen molar-refractivity contribution in [3.8, 4) is 11.5 Å². The van der Waals surface area contributed by atoms with Gasteiger partial charge in [-0.2, -0.15) is 0 Å². The molecule has 0 aliphatic carbocycles. The lowest BCUT2D eigenvalue weighted by atomic mass is 10.1. The molecule has 0 aliphatic heterocycles. The summed E-state index contributed by atoms with van der Waals surface area (Å²) in [5, 5.41) is 30.8. The van der Waals surface area contributed by atoms with Crippen molar-refractivity contribution < 1.29 is 29.6 Å². The predicted molar refractivity (Wildman–Crippen MR) is 90.2 cm³/mol. The van der Waals surface area contributed by atoms with Crippen molar-refractivity contribution in [1.29, 1.82) is 0 Å². The number of carboxylic acid groups (broad SMARTS) is 1. The molecular formula is C16H17ClN2O6. The number of aromatic nitrogens is 1. The molecule has 8 nitrogen and oxygen atoms in total. The molecular weight excluding hydrogens is 352 g/mol. The Morgan fingerprint density at radius 3 is 2.56 bits per heavy atom. The Bertz CT molecular complexity index is 824. The molecule has 1 atom stereocenters. The number of aliphatic hydroxyl groups is 1. The number of aliphatic hydroxyl groups excluding tert-OH is 1. The van der Waals surface area contributed by atoms with Crippen molar-refractivity contribution in [2.45, 2.75) is 26.0 Å². The zero-order valence-electron chi connectivity index (χ0n) is 13.5. The number of ether oxygens (including phenoxy) is 1. The van der Waals surface area contributed by atoms with Gasteiger partial charge in [-0.15, -0.1) is 0 Å². The summed E-state index contributed by atoms with van der Waals surface area (Å²) in [4.78, 5) is 26.9. The first-order valence-corrected chi connectivity index (χ1v) is 7.75. The maximum atomic E-state index is 12.2. The maximum Gasteiger partial charge on any atom is 0.328 e. The zero-order chi connectivity index (χ0) is 18.7. The topological polar surface area (TPSA) is 129 Å². The molecule has 9 heteroatoms. The van der Waals surface area contributed by atoms with Gasteiger partial charge >= 0.3 is 5.97 Å². The highest BCUT2D eigenvalue weighted by Gasteiger charge is 2.24. The van der Waals surface area contributed by atoms with Gasteiger partial charge in [0.2, 0.25) is 0 Å². The fourth-order valence-corrected chi connectivity index (χ4v) is 2.40. The molecule has 2 rings (SSSR count). The van der Waals surface area contributed by atoms with E-state index in [4.69, 9.17) is 26.6 Å². The van der Waals surface area contributed by atoms with E-state index in [1.54, 1.807) is 12.1 Å². The van der Waals surface area contributed by atoms with Gasteiger partial charge in [0.25, 0.3) is 5.91 Å². The Hall–Kier alpha value is -2.58. The molecule has 0 spiro atoms. The van der Waals surface area contributed by atoms with E-state index in [0.29, 0.717) is 11.1 Å². The first-order chi connectivity index (χ1) is 11.7. The summed E-state index contributed by atoms with van der Waals surface area (Å²) in [5.41, 5.74) is -0.435. The van der Waals surface area contributed by atoms with Crippen LogP contribution < -0.4 is 10.1 Å². The number of hydrogen-bond donors (Lipinski definition) is 4. The van der Waals surface area contributed by atoms with Crippen LogP contribution in [0.25, 0.3) is 10.8 Å². The second-order valence-electron chi connectivity index (χ2n) is 5.52. The number of carboxylic acids is 1. The van der Waals surface area contributed by atoms with Crippen LogP contribution in [-0.4, -0.2) is 50.9 Å². The lowest BCUT2D eigenvalue weighted by Gasteiger charge is -2.14. The smallest absolute Gasteiger partial charge is 0.328 e. The van der Waals surface area contributed by atoms with Crippen molar-refractivity contribution in [1.82, 2.24) is 10.3 Å². The number of hydrogen-bond acceptors (Lipinski definition) is 6. The summed E-state index contributed by atoms with van der Waals surface area (Å²) in [6.07, 6.45) is -0.0609. The number of fused-ring (bicyclic) bond motifs is 1. The zero-order valence-corrected chi connectivity index (χ0v) is 14.2. The summed E-state index contributed by atoms with van der Waals surface area (Å²) in [6, 6.07) is 3.19. The number of nitrogens with one attached hydrogen (secondary N) is 1. The molecule has 25 heavy (non-hydrogen) atoms. The molecule has 0 radical (unpaired) electrons. The number of rotatable bonds is 6. The number of amides is 1. The third-order valence-corrected chi connectivity index (χ3v) is 3.56. The molecule has 0 unspecified atom stereocenters. The Labute approximate surface area is 148 Å². The van der Waals surface area contributed by atoms with Crippen molar-refractivity contribution in [3.05, 3.63) is 29.0 Å². The lowest BCUT2D eigenvalue weighted by molar-refractivity contribution is -0.140. The van der Waals surface area contributed by atoms with E-state index in [1.807, 2.05) is 13.8 Å². The highest BCUT2D eigenvalue weighted by Crippen LogP contribution is 2.34. The van der Waals surface area contributed by atoms with Gasteiger partial charge in [-0.05, 0) is 32.0 Å². The molecule has 0 fully saturated rings. The van der Waals surface area contributed by atoms with Crippen LogP contribution in [0.15, 0.2) is 18.2 Å². The van der Waals surface area contributed by atoms with Crippen LogP contribution in [0.1, 0.15) is 24.3 Å². The van der Waals surface area contributed by atoms with Crippen LogP contribution in [0.4, 0.5) is 0 Å². The van der Waals surface area contributed by atoms with E-state index in [2.05, 4.69) is 10.3 Å². The summed E-state index contributed by atoms with van der Waals surface area (Å²) < 4.78 is 5.55. The van der Waals surface area contributed by atoms with Gasteiger partial charge in [0.05, 0.1) is 12.7 Å². The summed E-state index contributed by atoms with van der Waals surface area (Å²) in [5.74, 6) is -2.31. The van der Waals surface area contributed by atoms with E-state index < -0.39 is 36.0 Å². The molecule has 0 saturated carbocycles. The Balaban J connectivity index is 2.44. The maximum absolute atomic E-state index is 12.2. The number of halogens is 1. The Morgan fingerprint density at radius 2 is 2.00 bits per heavy atom. The number of benzene rings is 1. The fourth-order valence-electron chi connectivity index (χ4n) is 2.16. The molecule has 134 valence electrons. The minimum atomic E-state index is -1.52. The largest absolute Gasteiger partial charge is 0.505 e. The second-order valence-corrected chi connectivity index (χ2v) is 5.88. The van der Waals surface area contributed by atoms with E-state index >= 15 is 0 Å². The molecule has 2 aromatic rings. The number of aromatic hydroxyl groups is 1. The van der Waals surface area contributed by atoms with Crippen molar-refractivity contribution in [3.63, 3.8) is 0 Å². The molecule has 1 aromatic carbocycles. The van der Waals surface area contributed by atoms with Crippen molar-refractivity contribution in [2.24, 2.45) is 0 Å². The van der Waals surface area contributed by atoms with Crippen molar-refractivity contribution >= 4 is 34.2 Å². The van der Waals surface area contributed by atoms with Crippen LogP contribution >= 0.6 is 11.6 Å². The molecule has 1 amide bonds. The number of pyridine rings is 1. The third kappa shape index (κ3) is 4.09. The molecule has 0 saturated heterocycles. The normalized spacial score (nSPS) is 12.2. The lowest BCUT2D eigenvalue weighted by Crippen LogP contribution is -2.43. The van der Waals surface area contributed by atoms with Gasteiger partial charge in [-0.1, -0.05) is 11.6 Å². The van der Waals surface area contributed by atoms with E-state index in [1.165, 1.54) is 6.07 Å². The highest BCUT2D eigenvalue weighted by atomic mass is 35.5. The molecule has 4 N–H and O–H groups in total. The average Bonchev–Trinajstić information content (AvgIpc) is 2.54. The van der Waals surface area contributed by atoms with E-state index in [9.17, 15) is 14.7 Å². The minimum absolute atomic E-state index is 0.0528. The molecule has 0 aliphatic rings. The summed E-state index contributed by atoms with van der Waals surface area (Å²) in [6.45, 7) is 2.91. The van der Waals surface area contributed by atoms with E-state index in [-0.39, 0.29) is 16.6 Å². The third-order valence-electron chi connectivity index (χ3n) is 3.28. The van der Waals surface area contributed by atoms with Gasteiger partial charge in [0, 0.05) is 10.8 Å². The standard InChI is InChI=1S/C16H17ClN2O6/c1-7(2)25-8-3-4-9-10(5-8)14(17)19-12(13(9)21)15(22)18-11(6-20)16(23)24/h3-5,7,11,20-21H,6H2,1-2H3,(H,18,22)(H,23,24)/t11-/m0/s1. The monoisotopic (exact) mass is 368 g/mol. The van der Waals surface area contributed by atoms with Crippen molar-refractivity contribution in [2.75, 3.05) is 6.61 Å². The Morgan fingerprint density at radius 1 is 1.32 bits per heavy atom. The van der Waals surface area contributed by atoms with Crippen LogP contribution in [0.5, 0.6) is 11.5 Å². The van der Waals surface area contributed by atoms with Gasteiger partial charge in [-0.3, -0.25) is 4.79 Å². The summed E-state index contributed by atoms with van der Waals surface area (Å²) >= 11 is 6.10. The predicted octanol–water partition coefficient (Wildman–Crippen LogP) is 1.56. The quantitative estimate of drug-likeness (QED) is 0.569. The van der Waals surface area contributed by atoms with Crippen LogP contribution in [0, 0.1) is 0 Å². The number of carbonyl (C=O) groups is 2. The van der Waals surface area contributed by atoms with Gasteiger partial charge in [0.1, 0.15) is 10.9 Å². The SMILES string of the molecule is CC(C)Oc1ccc2c(O)c(C(=O)N[C@@H](CO)C(=O)O)nc(Cl)c2c1. The van der Waals surface area contributed by atoms with Crippen LogP contribution in [0.2, 0.25) is 5.15 Å². The summed E-state index contributed by atoms with van der Waals surface area (Å²) in [7, 11) is 0.